The molecule has 4 rings (SSSR count). The number of nitrogens with one attached hydrogen (secondary N) is 1. The number of amidine groups is 1. The second kappa shape index (κ2) is 7.38. The van der Waals surface area contributed by atoms with E-state index in [1.54, 1.807) is 29.2 Å². The predicted octanol–water partition coefficient (Wildman–Crippen LogP) is 4.19. The van der Waals surface area contributed by atoms with E-state index in [4.69, 9.17) is 23.2 Å². The predicted molar refractivity (Wildman–Crippen MR) is 111 cm³/mol. The second-order valence-electron chi connectivity index (χ2n) is 5.82. The van der Waals surface area contributed by atoms with Gasteiger partial charge in [0.2, 0.25) is 0 Å². The zero-order chi connectivity index (χ0) is 19.0. The highest BCUT2D eigenvalue weighted by molar-refractivity contribution is 8.18. The van der Waals surface area contributed by atoms with Gasteiger partial charge >= 0.3 is 0 Å². The first-order chi connectivity index (χ1) is 13.1. The molecular formula is C19H13Cl2N3O2S. The Morgan fingerprint density at radius 1 is 1.07 bits per heavy atom. The van der Waals surface area contributed by atoms with Gasteiger partial charge in [0.15, 0.2) is 5.17 Å². The van der Waals surface area contributed by atoms with Crippen LogP contribution in [0.15, 0.2) is 58.4 Å². The Hall–Kier alpha value is -2.28. The summed E-state index contributed by atoms with van der Waals surface area (Å²) in [7, 11) is 0. The van der Waals surface area contributed by atoms with Gasteiger partial charge in [0.1, 0.15) is 0 Å². The van der Waals surface area contributed by atoms with E-state index in [1.807, 2.05) is 24.3 Å². The van der Waals surface area contributed by atoms with Gasteiger partial charge in [-0.1, -0.05) is 29.8 Å². The van der Waals surface area contributed by atoms with Crippen LogP contribution in [0, 0.1) is 0 Å². The maximum absolute atomic E-state index is 12.9. The second-order valence-corrected chi connectivity index (χ2v) is 7.63. The number of amides is 2. The van der Waals surface area contributed by atoms with Crippen molar-refractivity contribution in [2.75, 3.05) is 17.3 Å². The number of rotatable bonds is 3. The van der Waals surface area contributed by atoms with Gasteiger partial charge in [-0.25, -0.2) is 4.99 Å². The summed E-state index contributed by atoms with van der Waals surface area (Å²) >= 11 is 12.9. The minimum Gasteiger partial charge on any atom is -0.306 e. The lowest BCUT2D eigenvalue weighted by Gasteiger charge is -2.14. The quantitative estimate of drug-likeness (QED) is 0.601. The lowest BCUT2D eigenvalue weighted by Crippen LogP contribution is -2.29. The summed E-state index contributed by atoms with van der Waals surface area (Å²) in [6.07, 6.45) is 0. The molecule has 8 heteroatoms. The Morgan fingerprint density at radius 3 is 2.56 bits per heavy atom. The van der Waals surface area contributed by atoms with Crippen LogP contribution in [0.4, 0.5) is 11.4 Å². The molecule has 0 atom stereocenters. The molecule has 1 N–H and O–H groups in total. The molecule has 2 heterocycles. The van der Waals surface area contributed by atoms with Gasteiger partial charge in [0, 0.05) is 23.0 Å². The first-order valence-electron chi connectivity index (χ1n) is 8.13. The minimum absolute atomic E-state index is 0.220. The molecule has 136 valence electrons. The van der Waals surface area contributed by atoms with Crippen LogP contribution in [0.2, 0.25) is 5.02 Å². The largest absolute Gasteiger partial charge is 0.306 e. The van der Waals surface area contributed by atoms with Crippen molar-refractivity contribution in [2.24, 2.45) is 4.99 Å². The molecule has 0 unspecified atom stereocenters. The number of aliphatic imine (C=N–C) groups is 1. The number of carbonyl (C=O) groups is 2. The number of nitrogens with zero attached hydrogens (tertiary/aromatic N) is 2. The maximum Gasteiger partial charge on any atom is 0.264 e. The van der Waals surface area contributed by atoms with Crippen molar-refractivity contribution in [1.29, 1.82) is 0 Å². The Bertz CT molecular complexity index is 1000. The van der Waals surface area contributed by atoms with E-state index in [-0.39, 0.29) is 11.8 Å². The Balaban J connectivity index is 1.74. The van der Waals surface area contributed by atoms with Crippen molar-refractivity contribution in [3.05, 3.63) is 64.0 Å². The van der Waals surface area contributed by atoms with Crippen molar-refractivity contribution in [3.63, 3.8) is 0 Å². The Kier molecular flexibility index (Phi) is 4.95. The fourth-order valence-electron chi connectivity index (χ4n) is 2.98. The molecule has 0 radical (unpaired) electrons. The number of carbonyl (C=O) groups excluding carboxylic acids is 2. The molecule has 1 saturated heterocycles. The zero-order valence-corrected chi connectivity index (χ0v) is 16.2. The molecule has 1 fully saturated rings. The van der Waals surface area contributed by atoms with Crippen molar-refractivity contribution in [1.82, 2.24) is 5.32 Å². The average molecular weight is 418 g/mol. The highest BCUT2D eigenvalue weighted by Crippen LogP contribution is 2.42. The molecule has 5 nitrogen and oxygen atoms in total. The molecule has 0 saturated carbocycles. The van der Waals surface area contributed by atoms with Crippen LogP contribution < -0.4 is 10.2 Å². The van der Waals surface area contributed by atoms with Gasteiger partial charge in [-0.05, 0) is 42.1 Å². The van der Waals surface area contributed by atoms with Crippen LogP contribution in [0.3, 0.4) is 0 Å². The van der Waals surface area contributed by atoms with Gasteiger partial charge in [-0.2, -0.15) is 0 Å². The Morgan fingerprint density at radius 2 is 1.81 bits per heavy atom. The lowest BCUT2D eigenvalue weighted by molar-refractivity contribution is -0.116. The molecule has 2 aliphatic heterocycles. The Labute approximate surface area is 170 Å². The van der Waals surface area contributed by atoms with E-state index >= 15 is 0 Å². The molecule has 0 aliphatic carbocycles. The van der Waals surface area contributed by atoms with Crippen molar-refractivity contribution in [3.8, 4) is 0 Å². The third-order valence-electron chi connectivity index (χ3n) is 4.14. The smallest absolute Gasteiger partial charge is 0.264 e. The molecule has 2 amide bonds. The number of para-hydroxylation sites is 1. The van der Waals surface area contributed by atoms with Gasteiger partial charge in [0.05, 0.1) is 21.9 Å². The maximum atomic E-state index is 12.9. The monoisotopic (exact) mass is 417 g/mol. The van der Waals surface area contributed by atoms with E-state index in [0.717, 1.165) is 23.0 Å². The third-order valence-corrected chi connectivity index (χ3v) is 5.54. The van der Waals surface area contributed by atoms with Gasteiger partial charge in [0.25, 0.3) is 11.8 Å². The molecule has 27 heavy (non-hydrogen) atoms. The van der Waals surface area contributed by atoms with Crippen LogP contribution in [0.1, 0.15) is 5.56 Å². The first kappa shape index (κ1) is 18.1. The summed E-state index contributed by atoms with van der Waals surface area (Å²) in [6.45, 7) is 0.381. The number of hydrogen-bond donors (Lipinski definition) is 1. The molecular weight excluding hydrogens is 405 g/mol. The number of fused-ring (bicyclic) bond motifs is 1. The third kappa shape index (κ3) is 3.36. The molecule has 2 aromatic rings. The number of halogens is 2. The number of hydrogen-bond acceptors (Lipinski definition) is 4. The number of anilines is 1. The van der Waals surface area contributed by atoms with Gasteiger partial charge in [-0.15, -0.1) is 11.6 Å². The van der Waals surface area contributed by atoms with E-state index in [9.17, 15) is 9.59 Å². The van der Waals surface area contributed by atoms with Crippen molar-refractivity contribution < 1.29 is 9.59 Å². The molecule has 2 aliphatic rings. The number of benzene rings is 2. The summed E-state index contributed by atoms with van der Waals surface area (Å²) in [6, 6.07) is 14.4. The van der Waals surface area contributed by atoms with Crippen LogP contribution in [0.25, 0.3) is 5.57 Å². The topological polar surface area (TPSA) is 61.8 Å². The minimum atomic E-state index is -0.335. The van der Waals surface area contributed by atoms with Crippen LogP contribution in [0.5, 0.6) is 0 Å². The number of alkyl halides is 1. The molecule has 2 aromatic carbocycles. The standard InChI is InChI=1S/C19H13Cl2N3O2S/c20-9-10-24-14-4-2-1-3-13(14)15(18(24)26)16-17(25)23-19(27-16)22-12-7-5-11(21)6-8-12/h1-8H,9-10H2,(H,22,23,25). The van der Waals surface area contributed by atoms with Gasteiger partial charge in [-0.3, -0.25) is 9.59 Å². The number of thioether (sulfide) groups is 1. The van der Waals surface area contributed by atoms with E-state index < -0.39 is 0 Å². The fraction of sp³-hybridized carbons (Fsp3) is 0.105. The molecule has 0 spiro atoms. The summed E-state index contributed by atoms with van der Waals surface area (Å²) in [5.74, 6) is -0.244. The van der Waals surface area contributed by atoms with Gasteiger partial charge < -0.3 is 10.2 Å². The van der Waals surface area contributed by atoms with Crippen LogP contribution in [-0.2, 0) is 9.59 Å². The van der Waals surface area contributed by atoms with Crippen LogP contribution >= 0.6 is 35.0 Å². The van der Waals surface area contributed by atoms with E-state index in [0.29, 0.717) is 38.8 Å². The summed E-state index contributed by atoms with van der Waals surface area (Å²) in [5, 5.41) is 3.76. The van der Waals surface area contributed by atoms with Crippen molar-refractivity contribution in [2.45, 2.75) is 0 Å². The van der Waals surface area contributed by atoms with E-state index in [2.05, 4.69) is 10.3 Å². The van der Waals surface area contributed by atoms with Crippen molar-refractivity contribution >= 4 is 68.9 Å². The summed E-state index contributed by atoms with van der Waals surface area (Å²) in [4.78, 5) is 31.9. The fourth-order valence-corrected chi connectivity index (χ4v) is 4.20. The highest BCUT2D eigenvalue weighted by atomic mass is 35.5. The summed E-state index contributed by atoms with van der Waals surface area (Å²) < 4.78 is 0. The first-order valence-corrected chi connectivity index (χ1v) is 9.86. The highest BCUT2D eigenvalue weighted by Gasteiger charge is 2.38. The summed E-state index contributed by atoms with van der Waals surface area (Å²) in [5.41, 5.74) is 2.55. The molecule has 0 bridgehead atoms. The lowest BCUT2D eigenvalue weighted by atomic mass is 10.1. The van der Waals surface area contributed by atoms with E-state index in [1.165, 1.54) is 0 Å². The average Bonchev–Trinajstić information content (AvgIpc) is 3.15. The SMILES string of the molecule is O=C1NC(=Nc2ccc(Cl)cc2)SC1=C1C(=O)N(CCCl)c2ccccc21. The zero-order valence-electron chi connectivity index (χ0n) is 13.9. The van der Waals surface area contributed by atoms with Crippen LogP contribution in [-0.4, -0.2) is 29.4 Å². The molecule has 0 aromatic heterocycles. The normalized spacial score (nSPS) is 20.4.